The summed E-state index contributed by atoms with van der Waals surface area (Å²) >= 11 is 0. The second kappa shape index (κ2) is 12.3. The molecule has 0 aliphatic carbocycles. The minimum atomic E-state index is 0.295. The fraction of sp³-hybridized carbons (Fsp3) is 1.00. The summed E-state index contributed by atoms with van der Waals surface area (Å²) in [5, 5.41) is 0. The zero-order chi connectivity index (χ0) is 11.4. The number of hydrogen-bond donors (Lipinski definition) is 0. The van der Waals surface area contributed by atoms with Gasteiger partial charge in [0.25, 0.3) is 0 Å². The molecule has 0 radical (unpaired) electrons. The Morgan fingerprint density at radius 2 is 1.20 bits per heavy atom. The van der Waals surface area contributed by atoms with Gasteiger partial charge in [-0.05, 0) is 0 Å². The van der Waals surface area contributed by atoms with Gasteiger partial charge in [-0.1, -0.05) is 90.1 Å². The molecule has 0 saturated heterocycles. The highest BCUT2D eigenvalue weighted by Crippen LogP contribution is 2.11. The van der Waals surface area contributed by atoms with E-state index in [0.717, 1.165) is 5.54 Å². The topological polar surface area (TPSA) is 0 Å². The average Bonchev–Trinajstić information content (AvgIpc) is 2.20. The first-order valence-corrected chi connectivity index (χ1v) is 9.09. The van der Waals surface area contributed by atoms with Gasteiger partial charge in [-0.25, -0.2) is 0 Å². The lowest BCUT2D eigenvalue weighted by Crippen LogP contribution is -1.94. The van der Waals surface area contributed by atoms with Crippen LogP contribution in [0.25, 0.3) is 0 Å². The second-order valence-electron chi connectivity index (χ2n) is 5.36. The third kappa shape index (κ3) is 14.2. The van der Waals surface area contributed by atoms with Crippen molar-refractivity contribution in [2.45, 2.75) is 90.1 Å². The predicted octanol–water partition coefficient (Wildman–Crippen LogP) is 4.93. The Morgan fingerprint density at radius 3 is 1.67 bits per heavy atom. The van der Waals surface area contributed by atoms with Crippen molar-refractivity contribution < 1.29 is 0 Å². The minimum absolute atomic E-state index is 0.295. The van der Waals surface area contributed by atoms with Gasteiger partial charge in [0.15, 0.2) is 0 Å². The molecule has 0 rings (SSSR count). The fourth-order valence-electron chi connectivity index (χ4n) is 2.04. The van der Waals surface area contributed by atoms with Crippen LogP contribution in [0, 0.1) is 0 Å². The monoisotopic (exact) mass is 228 g/mol. The van der Waals surface area contributed by atoms with E-state index < -0.39 is 0 Å². The molecule has 0 aromatic carbocycles. The van der Waals surface area contributed by atoms with Crippen LogP contribution >= 0.6 is 0 Å². The van der Waals surface area contributed by atoms with E-state index in [2.05, 4.69) is 20.8 Å². The molecule has 0 saturated carbocycles. The average molecular weight is 228 g/mol. The van der Waals surface area contributed by atoms with E-state index in [0.29, 0.717) is 9.52 Å². The maximum atomic E-state index is 2.39. The van der Waals surface area contributed by atoms with E-state index in [-0.39, 0.29) is 0 Å². The minimum Gasteiger partial charge on any atom is -0.0657 e. The number of rotatable bonds is 11. The van der Waals surface area contributed by atoms with Crippen molar-refractivity contribution >= 4 is 9.52 Å². The lowest BCUT2D eigenvalue weighted by Gasteiger charge is -2.03. The lowest BCUT2D eigenvalue weighted by molar-refractivity contribution is 0.572. The number of unbranched alkanes of at least 4 members (excludes halogenated alkanes) is 8. The molecule has 0 amide bonds. The van der Waals surface area contributed by atoms with Crippen LogP contribution in [0.15, 0.2) is 0 Å². The summed E-state index contributed by atoms with van der Waals surface area (Å²) in [4.78, 5) is 0. The molecule has 0 aromatic rings. The molecule has 92 valence electrons. The van der Waals surface area contributed by atoms with Crippen LogP contribution in [0.5, 0.6) is 0 Å². The van der Waals surface area contributed by atoms with Crippen LogP contribution in [-0.2, 0) is 0 Å². The first-order chi connectivity index (χ1) is 7.27. The van der Waals surface area contributed by atoms with Crippen molar-refractivity contribution in [3.8, 4) is 0 Å². The maximum absolute atomic E-state index is 2.39. The summed E-state index contributed by atoms with van der Waals surface area (Å²) in [6.07, 6.45) is 13.3. The smallest absolute Gasteiger partial charge is 0.0224 e. The summed E-state index contributed by atoms with van der Waals surface area (Å²) in [6.45, 7) is 7.07. The molecule has 0 aliphatic rings. The van der Waals surface area contributed by atoms with Crippen LogP contribution in [0.3, 0.4) is 0 Å². The van der Waals surface area contributed by atoms with Crippen molar-refractivity contribution in [3.63, 3.8) is 0 Å². The first-order valence-electron chi connectivity index (χ1n) is 7.27. The van der Waals surface area contributed by atoms with E-state index in [1.54, 1.807) is 6.04 Å². The first kappa shape index (κ1) is 15.2. The molecule has 15 heavy (non-hydrogen) atoms. The standard InChI is InChI=1S/C14H32Si/c1-4-5-6-7-8-9-10-11-12-13-15-14(2)3/h14H,4-13,15H2,1-3H3. The zero-order valence-electron chi connectivity index (χ0n) is 11.4. The van der Waals surface area contributed by atoms with Crippen LogP contribution in [-0.4, -0.2) is 9.52 Å². The normalized spacial score (nSPS) is 12.0. The van der Waals surface area contributed by atoms with E-state index in [1.165, 1.54) is 57.8 Å². The van der Waals surface area contributed by atoms with Crippen molar-refractivity contribution in [2.75, 3.05) is 0 Å². The van der Waals surface area contributed by atoms with Gasteiger partial charge in [-0.3, -0.25) is 0 Å². The highest BCUT2D eigenvalue weighted by atomic mass is 28.2. The molecule has 0 aliphatic heterocycles. The largest absolute Gasteiger partial charge is 0.0657 e. The van der Waals surface area contributed by atoms with Crippen molar-refractivity contribution in [3.05, 3.63) is 0 Å². The van der Waals surface area contributed by atoms with Gasteiger partial charge in [-0.15, -0.1) is 0 Å². The third-order valence-corrected chi connectivity index (χ3v) is 5.20. The van der Waals surface area contributed by atoms with E-state index >= 15 is 0 Å². The van der Waals surface area contributed by atoms with Gasteiger partial charge < -0.3 is 0 Å². The highest BCUT2D eigenvalue weighted by molar-refractivity contribution is 6.37. The molecule has 0 atom stereocenters. The predicted molar refractivity (Wildman–Crippen MR) is 75.7 cm³/mol. The Balaban J connectivity index is 2.87. The molecular formula is C14H32Si. The molecule has 0 aromatic heterocycles. The quantitative estimate of drug-likeness (QED) is 0.347. The summed E-state index contributed by atoms with van der Waals surface area (Å²) in [5.41, 5.74) is 1.04. The maximum Gasteiger partial charge on any atom is 0.0224 e. The summed E-state index contributed by atoms with van der Waals surface area (Å²) in [5.74, 6) is 0. The molecule has 0 spiro atoms. The Hall–Kier alpha value is 0.217. The van der Waals surface area contributed by atoms with Gasteiger partial charge in [0.05, 0.1) is 0 Å². The molecule has 0 bridgehead atoms. The van der Waals surface area contributed by atoms with Gasteiger partial charge in [0.1, 0.15) is 0 Å². The fourth-order valence-corrected chi connectivity index (χ4v) is 3.50. The SMILES string of the molecule is CCCCCCCCCCC[SiH2]C(C)C. The van der Waals surface area contributed by atoms with Crippen molar-refractivity contribution in [1.29, 1.82) is 0 Å². The third-order valence-electron chi connectivity index (χ3n) is 3.14. The van der Waals surface area contributed by atoms with Crippen molar-refractivity contribution in [2.24, 2.45) is 0 Å². The Morgan fingerprint density at radius 1 is 0.733 bits per heavy atom. The van der Waals surface area contributed by atoms with Gasteiger partial charge in [0, 0.05) is 9.52 Å². The van der Waals surface area contributed by atoms with Crippen molar-refractivity contribution in [1.82, 2.24) is 0 Å². The van der Waals surface area contributed by atoms with Crippen LogP contribution in [0.1, 0.15) is 78.6 Å². The van der Waals surface area contributed by atoms with Crippen LogP contribution in [0.4, 0.5) is 0 Å². The molecular weight excluding hydrogens is 196 g/mol. The Bertz CT molecular complexity index is 110. The molecule has 0 N–H and O–H groups in total. The van der Waals surface area contributed by atoms with E-state index in [4.69, 9.17) is 0 Å². The van der Waals surface area contributed by atoms with Gasteiger partial charge in [0.2, 0.25) is 0 Å². The molecule has 0 heterocycles. The summed E-state index contributed by atoms with van der Waals surface area (Å²) in [6, 6.07) is 1.59. The highest BCUT2D eigenvalue weighted by Gasteiger charge is 1.95. The Labute approximate surface area is 100 Å². The molecule has 0 fully saturated rings. The van der Waals surface area contributed by atoms with Gasteiger partial charge >= 0.3 is 0 Å². The molecule has 1 heteroatoms. The lowest BCUT2D eigenvalue weighted by atomic mass is 10.1. The molecule has 0 nitrogen and oxygen atoms in total. The van der Waals surface area contributed by atoms with Crippen LogP contribution in [0.2, 0.25) is 11.6 Å². The molecule has 0 unspecified atom stereocenters. The summed E-state index contributed by atoms with van der Waals surface area (Å²) in [7, 11) is 0.295. The zero-order valence-corrected chi connectivity index (χ0v) is 12.8. The van der Waals surface area contributed by atoms with E-state index in [9.17, 15) is 0 Å². The van der Waals surface area contributed by atoms with Crippen LogP contribution < -0.4 is 0 Å². The number of hydrogen-bond acceptors (Lipinski definition) is 0. The van der Waals surface area contributed by atoms with E-state index in [1.807, 2.05) is 0 Å². The second-order valence-corrected chi connectivity index (χ2v) is 8.28. The Kier molecular flexibility index (Phi) is 12.5. The summed E-state index contributed by atoms with van der Waals surface area (Å²) < 4.78 is 0. The van der Waals surface area contributed by atoms with Gasteiger partial charge in [-0.2, -0.15) is 0 Å².